The SMILES string of the molecule is COc1ccc(CNC(=O)C(NS(=O)(=O)c2ccc(-c3ccc(F)cc3)cc2)C(C)C)cc1. The lowest BCUT2D eigenvalue weighted by Gasteiger charge is -2.22. The van der Waals surface area contributed by atoms with E-state index in [0.717, 1.165) is 16.7 Å². The average Bonchev–Trinajstić information content (AvgIpc) is 2.82. The lowest BCUT2D eigenvalue weighted by Crippen LogP contribution is -2.49. The smallest absolute Gasteiger partial charge is 0.241 e. The summed E-state index contributed by atoms with van der Waals surface area (Å²) in [5.74, 6) is -0.308. The number of carbonyl (C=O) groups excluding carboxylic acids is 1. The highest BCUT2D eigenvalue weighted by molar-refractivity contribution is 7.89. The van der Waals surface area contributed by atoms with E-state index in [2.05, 4.69) is 10.0 Å². The van der Waals surface area contributed by atoms with E-state index >= 15 is 0 Å². The van der Waals surface area contributed by atoms with Gasteiger partial charge in [0.15, 0.2) is 0 Å². The molecule has 0 aliphatic rings. The highest BCUT2D eigenvalue weighted by Crippen LogP contribution is 2.22. The zero-order valence-corrected chi connectivity index (χ0v) is 19.5. The molecule has 0 radical (unpaired) electrons. The Bertz CT molecular complexity index is 1180. The highest BCUT2D eigenvalue weighted by Gasteiger charge is 2.28. The minimum atomic E-state index is -3.93. The van der Waals surface area contributed by atoms with Gasteiger partial charge in [-0.3, -0.25) is 4.79 Å². The van der Waals surface area contributed by atoms with Crippen LogP contribution in [0.1, 0.15) is 19.4 Å². The number of carbonyl (C=O) groups is 1. The van der Waals surface area contributed by atoms with Crippen molar-refractivity contribution in [2.24, 2.45) is 5.92 Å². The topological polar surface area (TPSA) is 84.5 Å². The van der Waals surface area contributed by atoms with E-state index in [-0.39, 0.29) is 23.2 Å². The van der Waals surface area contributed by atoms with Crippen molar-refractivity contribution in [1.29, 1.82) is 0 Å². The third-order valence-electron chi connectivity index (χ3n) is 5.20. The van der Waals surface area contributed by atoms with Gasteiger partial charge in [-0.25, -0.2) is 12.8 Å². The Kier molecular flexibility index (Phi) is 7.84. The number of sulfonamides is 1. The van der Waals surface area contributed by atoms with Gasteiger partial charge in [-0.1, -0.05) is 50.2 Å². The van der Waals surface area contributed by atoms with Gasteiger partial charge in [0.1, 0.15) is 17.6 Å². The Morgan fingerprint density at radius 1 is 0.909 bits per heavy atom. The first-order chi connectivity index (χ1) is 15.7. The maximum Gasteiger partial charge on any atom is 0.241 e. The van der Waals surface area contributed by atoms with Crippen molar-refractivity contribution in [2.75, 3.05) is 7.11 Å². The van der Waals surface area contributed by atoms with Crippen molar-refractivity contribution in [1.82, 2.24) is 10.0 Å². The lowest BCUT2D eigenvalue weighted by molar-refractivity contribution is -0.123. The molecule has 0 aliphatic carbocycles. The molecule has 1 unspecified atom stereocenters. The van der Waals surface area contributed by atoms with Crippen LogP contribution in [0.15, 0.2) is 77.7 Å². The number of hydrogen-bond acceptors (Lipinski definition) is 4. The molecule has 6 nitrogen and oxygen atoms in total. The van der Waals surface area contributed by atoms with Crippen molar-refractivity contribution in [3.8, 4) is 16.9 Å². The van der Waals surface area contributed by atoms with Crippen LogP contribution in [-0.4, -0.2) is 27.5 Å². The molecule has 0 fully saturated rings. The zero-order chi connectivity index (χ0) is 24.0. The van der Waals surface area contributed by atoms with Crippen LogP contribution in [0.3, 0.4) is 0 Å². The molecule has 0 aromatic heterocycles. The summed E-state index contributed by atoms with van der Waals surface area (Å²) >= 11 is 0. The van der Waals surface area contributed by atoms with Crippen LogP contribution in [0, 0.1) is 11.7 Å². The summed E-state index contributed by atoms with van der Waals surface area (Å²) in [5.41, 5.74) is 2.39. The molecule has 174 valence electrons. The van der Waals surface area contributed by atoms with Gasteiger partial charge in [0.25, 0.3) is 0 Å². The zero-order valence-electron chi connectivity index (χ0n) is 18.7. The fourth-order valence-corrected chi connectivity index (χ4v) is 4.58. The fraction of sp³-hybridized carbons (Fsp3) is 0.240. The number of nitrogens with one attached hydrogen (secondary N) is 2. The summed E-state index contributed by atoms with van der Waals surface area (Å²) in [6.45, 7) is 3.82. The first-order valence-electron chi connectivity index (χ1n) is 10.5. The molecular formula is C25H27FN2O4S. The molecular weight excluding hydrogens is 443 g/mol. The number of benzene rings is 3. The van der Waals surface area contributed by atoms with E-state index in [9.17, 15) is 17.6 Å². The van der Waals surface area contributed by atoms with Gasteiger partial charge in [-0.05, 0) is 59.0 Å². The quantitative estimate of drug-likeness (QED) is 0.493. The molecule has 8 heteroatoms. The van der Waals surface area contributed by atoms with Gasteiger partial charge in [0, 0.05) is 6.54 Å². The highest BCUT2D eigenvalue weighted by atomic mass is 32.2. The van der Waals surface area contributed by atoms with E-state index < -0.39 is 22.0 Å². The minimum absolute atomic E-state index is 0.0435. The number of methoxy groups -OCH3 is 1. The standard InChI is InChI=1S/C25H27FN2O4S/c1-17(2)24(25(29)27-16-18-4-12-22(32-3)13-5-18)28-33(30,31)23-14-8-20(9-15-23)19-6-10-21(26)11-7-19/h4-15,17,24,28H,16H2,1-3H3,(H,27,29). The van der Waals surface area contributed by atoms with Crippen molar-refractivity contribution in [3.63, 3.8) is 0 Å². The van der Waals surface area contributed by atoms with Crippen LogP contribution in [-0.2, 0) is 21.4 Å². The predicted octanol–water partition coefficient (Wildman–Crippen LogP) is 4.12. The van der Waals surface area contributed by atoms with Gasteiger partial charge in [0.2, 0.25) is 15.9 Å². The van der Waals surface area contributed by atoms with Crippen LogP contribution in [0.4, 0.5) is 4.39 Å². The Morgan fingerprint density at radius 2 is 1.45 bits per heavy atom. The van der Waals surface area contributed by atoms with Gasteiger partial charge >= 0.3 is 0 Å². The summed E-state index contributed by atoms with van der Waals surface area (Å²) < 4.78 is 46.6. The van der Waals surface area contributed by atoms with Crippen LogP contribution in [0.5, 0.6) is 5.75 Å². The van der Waals surface area contributed by atoms with E-state index in [1.54, 1.807) is 57.4 Å². The normalized spacial score (nSPS) is 12.4. The molecule has 0 spiro atoms. The Balaban J connectivity index is 1.69. The molecule has 1 amide bonds. The molecule has 3 aromatic rings. The fourth-order valence-electron chi connectivity index (χ4n) is 3.24. The van der Waals surface area contributed by atoms with E-state index in [1.807, 2.05) is 12.1 Å². The van der Waals surface area contributed by atoms with Crippen molar-refractivity contribution >= 4 is 15.9 Å². The second-order valence-corrected chi connectivity index (χ2v) is 9.65. The number of halogens is 1. The summed E-state index contributed by atoms with van der Waals surface area (Å²) in [5, 5.41) is 2.79. The molecule has 0 bridgehead atoms. The van der Waals surface area contributed by atoms with Gasteiger partial charge in [0.05, 0.1) is 12.0 Å². The Morgan fingerprint density at radius 3 is 1.97 bits per heavy atom. The summed E-state index contributed by atoms with van der Waals surface area (Å²) in [4.78, 5) is 12.8. The van der Waals surface area contributed by atoms with E-state index in [0.29, 0.717) is 5.75 Å². The molecule has 0 saturated carbocycles. The maximum atomic E-state index is 13.1. The lowest BCUT2D eigenvalue weighted by atomic mass is 10.0. The molecule has 1 atom stereocenters. The second-order valence-electron chi connectivity index (χ2n) is 7.94. The largest absolute Gasteiger partial charge is 0.497 e. The summed E-state index contributed by atoms with van der Waals surface area (Å²) in [7, 11) is -2.36. The van der Waals surface area contributed by atoms with Crippen LogP contribution >= 0.6 is 0 Å². The molecule has 3 rings (SSSR count). The van der Waals surface area contributed by atoms with Crippen LogP contribution < -0.4 is 14.8 Å². The molecule has 0 aliphatic heterocycles. The van der Waals surface area contributed by atoms with Crippen LogP contribution in [0.25, 0.3) is 11.1 Å². The third-order valence-corrected chi connectivity index (χ3v) is 6.66. The number of amides is 1. The first kappa shape index (κ1) is 24.4. The summed E-state index contributed by atoms with van der Waals surface area (Å²) in [6, 6.07) is 18.5. The first-order valence-corrected chi connectivity index (χ1v) is 12.0. The molecule has 2 N–H and O–H groups in total. The number of ether oxygens (including phenoxy) is 1. The van der Waals surface area contributed by atoms with E-state index in [4.69, 9.17) is 4.74 Å². The number of rotatable bonds is 9. The Hall–Kier alpha value is -3.23. The van der Waals surface area contributed by atoms with Crippen molar-refractivity contribution < 1.29 is 22.3 Å². The van der Waals surface area contributed by atoms with Gasteiger partial charge in [-0.2, -0.15) is 4.72 Å². The van der Waals surface area contributed by atoms with E-state index in [1.165, 1.54) is 24.3 Å². The van der Waals surface area contributed by atoms with Crippen LogP contribution in [0.2, 0.25) is 0 Å². The van der Waals surface area contributed by atoms with Crippen molar-refractivity contribution in [2.45, 2.75) is 31.3 Å². The monoisotopic (exact) mass is 470 g/mol. The minimum Gasteiger partial charge on any atom is -0.497 e. The third kappa shape index (κ3) is 6.40. The Labute approximate surface area is 193 Å². The van der Waals surface area contributed by atoms with Gasteiger partial charge < -0.3 is 10.1 Å². The summed E-state index contributed by atoms with van der Waals surface area (Å²) in [6.07, 6.45) is 0. The van der Waals surface area contributed by atoms with Gasteiger partial charge in [-0.15, -0.1) is 0 Å². The second kappa shape index (κ2) is 10.6. The maximum absolute atomic E-state index is 13.1. The predicted molar refractivity (Wildman–Crippen MR) is 126 cm³/mol. The molecule has 0 heterocycles. The molecule has 3 aromatic carbocycles. The number of hydrogen-bond donors (Lipinski definition) is 2. The van der Waals surface area contributed by atoms with Crippen molar-refractivity contribution in [3.05, 3.63) is 84.2 Å². The average molecular weight is 471 g/mol. The molecule has 33 heavy (non-hydrogen) atoms. The molecule has 0 saturated heterocycles.